The van der Waals surface area contributed by atoms with E-state index in [1.54, 1.807) is 11.0 Å². The first-order chi connectivity index (χ1) is 17.9. The van der Waals surface area contributed by atoms with E-state index < -0.39 is 5.91 Å². The third kappa shape index (κ3) is 4.96. The zero-order valence-corrected chi connectivity index (χ0v) is 21.8. The van der Waals surface area contributed by atoms with Crippen molar-refractivity contribution in [3.63, 3.8) is 0 Å². The van der Waals surface area contributed by atoms with Gasteiger partial charge in [-0.3, -0.25) is 15.0 Å². The molecule has 10 nitrogen and oxygen atoms in total. The minimum atomic E-state index is -0.495. The summed E-state index contributed by atoms with van der Waals surface area (Å²) in [7, 11) is 0. The zero-order valence-electron chi connectivity index (χ0n) is 21.0. The van der Waals surface area contributed by atoms with E-state index in [-0.39, 0.29) is 23.7 Å². The lowest BCUT2D eigenvalue weighted by Gasteiger charge is -2.26. The molecule has 2 aromatic rings. The largest absolute Gasteiger partial charge is 0.494 e. The average Bonchev–Trinajstić information content (AvgIpc) is 3.42. The number of nitrogens with zero attached hydrogens (tertiary/aromatic N) is 5. The molecule has 2 amide bonds. The number of thioether (sulfide) groups is 1. The third-order valence-electron chi connectivity index (χ3n) is 6.34. The van der Waals surface area contributed by atoms with Gasteiger partial charge >= 0.3 is 0 Å². The van der Waals surface area contributed by atoms with E-state index in [1.807, 2.05) is 51.1 Å². The van der Waals surface area contributed by atoms with Crippen molar-refractivity contribution in [2.24, 2.45) is 10.1 Å². The first-order valence-electron chi connectivity index (χ1n) is 12.1. The number of fused-ring (bicyclic) bond motifs is 1. The number of carbonyl (C=O) groups excluding carboxylic acids is 2. The van der Waals surface area contributed by atoms with E-state index in [0.29, 0.717) is 43.1 Å². The predicted octanol–water partition coefficient (Wildman–Crippen LogP) is 3.36. The van der Waals surface area contributed by atoms with Gasteiger partial charge in [-0.05, 0) is 74.5 Å². The van der Waals surface area contributed by atoms with Crippen molar-refractivity contribution >= 4 is 45.7 Å². The number of amidine groups is 2. The molecule has 4 heterocycles. The fourth-order valence-corrected chi connectivity index (χ4v) is 5.38. The van der Waals surface area contributed by atoms with Gasteiger partial charge < -0.3 is 18.9 Å². The number of benzene rings is 1. The van der Waals surface area contributed by atoms with Crippen LogP contribution in [0, 0.1) is 19.3 Å². The van der Waals surface area contributed by atoms with Crippen LogP contribution in [0.5, 0.6) is 5.75 Å². The van der Waals surface area contributed by atoms with Crippen molar-refractivity contribution < 1.29 is 19.1 Å². The molecule has 192 valence electrons. The quantitative estimate of drug-likeness (QED) is 0.585. The Hall–Kier alpha value is -3.70. The van der Waals surface area contributed by atoms with Crippen LogP contribution in [0.25, 0.3) is 11.8 Å². The van der Waals surface area contributed by atoms with Crippen LogP contribution in [-0.2, 0) is 14.3 Å². The number of rotatable bonds is 6. The molecule has 1 aromatic carbocycles. The Labute approximate surface area is 219 Å². The summed E-state index contributed by atoms with van der Waals surface area (Å²) in [5, 5.41) is 15.3. The summed E-state index contributed by atoms with van der Waals surface area (Å²) in [5.74, 6) is 0.208. The van der Waals surface area contributed by atoms with Crippen molar-refractivity contribution in [1.29, 1.82) is 5.41 Å². The summed E-state index contributed by atoms with van der Waals surface area (Å²) in [6, 6.07) is 9.81. The monoisotopic (exact) mass is 520 g/mol. The molecule has 0 atom stereocenters. The van der Waals surface area contributed by atoms with Gasteiger partial charge in [0.1, 0.15) is 10.8 Å². The summed E-state index contributed by atoms with van der Waals surface area (Å²) < 4.78 is 12.9. The molecule has 1 N–H and O–H groups in total. The molecule has 1 aromatic heterocycles. The number of aliphatic imine (C=N–C) groups is 1. The highest BCUT2D eigenvalue weighted by Gasteiger charge is 2.36. The van der Waals surface area contributed by atoms with Gasteiger partial charge in [-0.1, -0.05) is 0 Å². The molecule has 37 heavy (non-hydrogen) atoms. The van der Waals surface area contributed by atoms with Gasteiger partial charge in [0.15, 0.2) is 5.84 Å². The van der Waals surface area contributed by atoms with Crippen molar-refractivity contribution in [3.05, 3.63) is 52.9 Å². The number of aryl methyl sites for hydroxylation is 1. The maximum atomic E-state index is 12.9. The van der Waals surface area contributed by atoms with Gasteiger partial charge in [0, 0.05) is 30.2 Å². The highest BCUT2D eigenvalue weighted by molar-refractivity contribution is 8.27. The molecule has 0 aliphatic carbocycles. The van der Waals surface area contributed by atoms with Crippen LogP contribution < -0.4 is 4.74 Å². The molecule has 3 aliphatic rings. The maximum Gasteiger partial charge on any atom is 0.283 e. The Kier molecular flexibility index (Phi) is 6.98. The fourth-order valence-electron chi connectivity index (χ4n) is 4.50. The molecule has 3 aliphatic heterocycles. The number of ether oxygens (including phenoxy) is 2. The fraction of sp³-hybridized carbons (Fsp3) is 0.346. The maximum absolute atomic E-state index is 12.9. The summed E-state index contributed by atoms with van der Waals surface area (Å²) in [6.45, 7) is 8.68. The van der Waals surface area contributed by atoms with Gasteiger partial charge in [0.25, 0.3) is 5.91 Å². The first kappa shape index (κ1) is 25.0. The Balaban J connectivity index is 1.37. The average molecular weight is 521 g/mol. The van der Waals surface area contributed by atoms with Crippen LogP contribution in [-0.4, -0.2) is 75.2 Å². The lowest BCUT2D eigenvalue weighted by molar-refractivity contribution is -0.133. The van der Waals surface area contributed by atoms with Crippen LogP contribution in [0.1, 0.15) is 30.3 Å². The highest BCUT2D eigenvalue weighted by atomic mass is 32.2. The molecular formula is C26H28N6O4S. The van der Waals surface area contributed by atoms with E-state index in [2.05, 4.69) is 14.7 Å². The van der Waals surface area contributed by atoms with Gasteiger partial charge in [-0.2, -0.15) is 15.1 Å². The third-order valence-corrected chi connectivity index (χ3v) is 7.25. The van der Waals surface area contributed by atoms with Crippen LogP contribution in [0.2, 0.25) is 0 Å². The van der Waals surface area contributed by atoms with Crippen molar-refractivity contribution in [2.75, 3.05) is 32.9 Å². The first-order valence-corrected chi connectivity index (χ1v) is 12.9. The predicted molar refractivity (Wildman–Crippen MR) is 143 cm³/mol. The lowest BCUT2D eigenvalue weighted by atomic mass is 10.1. The Bertz CT molecular complexity index is 1350. The van der Waals surface area contributed by atoms with Gasteiger partial charge in [-0.25, -0.2) is 0 Å². The summed E-state index contributed by atoms with van der Waals surface area (Å²) in [6.07, 6.45) is 1.79. The van der Waals surface area contributed by atoms with Crippen LogP contribution in [0.4, 0.5) is 0 Å². The second-order valence-electron chi connectivity index (χ2n) is 8.77. The normalized spacial score (nSPS) is 18.7. The molecule has 1 fully saturated rings. The summed E-state index contributed by atoms with van der Waals surface area (Å²) in [4.78, 5) is 31.4. The van der Waals surface area contributed by atoms with Crippen LogP contribution in [0.3, 0.4) is 0 Å². The van der Waals surface area contributed by atoms with Crippen molar-refractivity contribution in [3.8, 4) is 11.4 Å². The number of carbonyl (C=O) groups is 2. The molecule has 11 heteroatoms. The SMILES string of the molecule is CCOc1ccc(-n2c(C)cc(/C=C3\C(=N)N4N=C(CC(=O)N5CCOCC5)SC4=NC3=O)c2C)cc1. The Morgan fingerprint density at radius 1 is 1.22 bits per heavy atom. The van der Waals surface area contributed by atoms with Crippen molar-refractivity contribution in [1.82, 2.24) is 14.5 Å². The number of hydrogen-bond donors (Lipinski definition) is 1. The second kappa shape index (κ2) is 10.3. The molecule has 0 radical (unpaired) electrons. The number of morpholine rings is 1. The van der Waals surface area contributed by atoms with E-state index >= 15 is 0 Å². The van der Waals surface area contributed by atoms with Gasteiger partial charge in [-0.15, -0.1) is 0 Å². The zero-order chi connectivity index (χ0) is 26.1. The highest BCUT2D eigenvalue weighted by Crippen LogP contribution is 2.31. The number of hydrazone groups is 1. The van der Waals surface area contributed by atoms with E-state index in [1.165, 1.54) is 5.01 Å². The summed E-state index contributed by atoms with van der Waals surface area (Å²) in [5.41, 5.74) is 3.87. The molecule has 0 bridgehead atoms. The molecule has 0 unspecified atom stereocenters. The smallest absolute Gasteiger partial charge is 0.283 e. The lowest BCUT2D eigenvalue weighted by Crippen LogP contribution is -2.41. The second-order valence-corrected chi connectivity index (χ2v) is 9.81. The van der Waals surface area contributed by atoms with E-state index in [4.69, 9.17) is 14.9 Å². The number of aromatic nitrogens is 1. The molecule has 0 saturated carbocycles. The molecule has 0 spiro atoms. The topological polar surface area (TPSA) is 113 Å². The van der Waals surface area contributed by atoms with E-state index in [0.717, 1.165) is 40.2 Å². The Morgan fingerprint density at radius 3 is 2.65 bits per heavy atom. The number of amides is 2. The van der Waals surface area contributed by atoms with Crippen molar-refractivity contribution in [2.45, 2.75) is 27.2 Å². The van der Waals surface area contributed by atoms with Gasteiger partial charge in [0.2, 0.25) is 11.1 Å². The Morgan fingerprint density at radius 2 is 1.95 bits per heavy atom. The van der Waals surface area contributed by atoms with E-state index in [9.17, 15) is 9.59 Å². The summed E-state index contributed by atoms with van der Waals surface area (Å²) >= 11 is 1.16. The molecular weight excluding hydrogens is 492 g/mol. The molecule has 1 saturated heterocycles. The number of nitrogens with one attached hydrogen (secondary N) is 1. The molecule has 5 rings (SSSR count). The standard InChI is InChI=1S/C26H28N6O4S/c1-4-36-20-7-5-19(6-8-20)31-16(2)13-18(17(31)3)14-21-24(27)32-26(28-25(21)34)37-22(29-32)15-23(33)30-9-11-35-12-10-30/h5-8,13-14,27H,4,9-12,15H2,1-3H3/b21-14+,27-24?. The van der Waals surface area contributed by atoms with Crippen LogP contribution in [0.15, 0.2) is 46.0 Å². The minimum absolute atomic E-state index is 0.0506. The van der Waals surface area contributed by atoms with Gasteiger partial charge in [0.05, 0.1) is 31.8 Å². The van der Waals surface area contributed by atoms with Crippen LogP contribution >= 0.6 is 11.8 Å². The minimum Gasteiger partial charge on any atom is -0.494 e. The number of hydrogen-bond acceptors (Lipinski definition) is 7.